The van der Waals surface area contributed by atoms with Crippen LogP contribution in [0.15, 0.2) is 71.7 Å². The first-order valence-corrected chi connectivity index (χ1v) is 18.9. The molecule has 0 bridgehead atoms. The fourth-order valence-electron chi connectivity index (χ4n) is 8.50. The van der Waals surface area contributed by atoms with E-state index in [4.69, 9.17) is 21.1 Å². The Kier molecular flexibility index (Phi) is 9.26. The van der Waals surface area contributed by atoms with Crippen LogP contribution in [-0.2, 0) is 26.4 Å². The minimum absolute atomic E-state index is 0.0127. The van der Waals surface area contributed by atoms with E-state index in [9.17, 15) is 18.3 Å². The van der Waals surface area contributed by atoms with Gasteiger partial charge < -0.3 is 19.5 Å². The first-order valence-electron chi connectivity index (χ1n) is 16.9. The highest BCUT2D eigenvalue weighted by molar-refractivity contribution is 7.91. The number of halogens is 1. The summed E-state index contributed by atoms with van der Waals surface area (Å²) in [6.45, 7) is 2.01. The number of hydrogen-bond donors (Lipinski definition) is 1. The Labute approximate surface area is 287 Å². The summed E-state index contributed by atoms with van der Waals surface area (Å²) in [6.07, 6.45) is 12.4. The van der Waals surface area contributed by atoms with Crippen molar-refractivity contribution in [1.29, 1.82) is 0 Å². The van der Waals surface area contributed by atoms with Crippen molar-refractivity contribution in [1.82, 2.24) is 9.97 Å². The van der Waals surface area contributed by atoms with Crippen molar-refractivity contribution in [3.63, 3.8) is 0 Å². The van der Waals surface area contributed by atoms with Gasteiger partial charge in [0.2, 0.25) is 15.0 Å². The number of aromatic carboxylic acids is 1. The first kappa shape index (κ1) is 33.0. The summed E-state index contributed by atoms with van der Waals surface area (Å²) in [5, 5.41) is 10.5. The Morgan fingerprint density at radius 1 is 1.15 bits per heavy atom. The molecule has 0 amide bonds. The summed E-state index contributed by atoms with van der Waals surface area (Å²) in [7, 11) is -1.77. The number of sulfone groups is 1. The van der Waals surface area contributed by atoms with Crippen molar-refractivity contribution < 1.29 is 27.8 Å². The maximum atomic E-state index is 12.9. The van der Waals surface area contributed by atoms with E-state index in [1.165, 1.54) is 29.1 Å². The summed E-state index contributed by atoms with van der Waals surface area (Å²) < 4.78 is 38.6. The number of nitrogens with zero attached hydrogens (tertiary/aromatic N) is 3. The van der Waals surface area contributed by atoms with E-state index in [0.29, 0.717) is 30.6 Å². The lowest BCUT2D eigenvalue weighted by atomic mass is 9.66. The number of carbonyl (C=O) groups is 1. The molecule has 1 aromatic heterocycles. The van der Waals surface area contributed by atoms with Crippen LogP contribution in [0, 0.1) is 17.8 Å². The maximum absolute atomic E-state index is 12.9. The van der Waals surface area contributed by atoms with Crippen LogP contribution in [0.4, 0.5) is 5.69 Å². The van der Waals surface area contributed by atoms with E-state index in [-0.39, 0.29) is 33.9 Å². The average Bonchev–Trinajstić information content (AvgIpc) is 3.23. The van der Waals surface area contributed by atoms with Crippen LogP contribution in [-0.4, -0.2) is 68.1 Å². The van der Waals surface area contributed by atoms with Gasteiger partial charge in [-0.05, 0) is 122 Å². The number of carboxylic acids is 1. The van der Waals surface area contributed by atoms with Crippen LogP contribution in [0.1, 0.15) is 66.4 Å². The summed E-state index contributed by atoms with van der Waals surface area (Å²) in [4.78, 5) is 22.4. The first-order chi connectivity index (χ1) is 23.2. The van der Waals surface area contributed by atoms with Crippen molar-refractivity contribution >= 4 is 33.1 Å². The Morgan fingerprint density at radius 2 is 1.98 bits per heavy atom. The third-order valence-corrected chi connectivity index (χ3v) is 13.0. The van der Waals surface area contributed by atoms with Crippen LogP contribution in [0.25, 0.3) is 0 Å². The van der Waals surface area contributed by atoms with Crippen LogP contribution in [0.3, 0.4) is 0 Å². The predicted octanol–water partition coefficient (Wildman–Crippen LogP) is 6.54. The number of ether oxygens (including phenoxy) is 2. The molecule has 7 rings (SSSR count). The predicted molar refractivity (Wildman–Crippen MR) is 184 cm³/mol. The molecule has 11 heteroatoms. The Hall–Kier alpha value is -3.47. The number of aromatic nitrogens is 2. The Morgan fingerprint density at radius 3 is 2.69 bits per heavy atom. The molecule has 2 heterocycles. The molecule has 2 unspecified atom stereocenters. The molecule has 0 saturated heterocycles. The lowest BCUT2D eigenvalue weighted by molar-refractivity contribution is 0.00323. The third kappa shape index (κ3) is 6.46. The van der Waals surface area contributed by atoms with Crippen LogP contribution in [0.5, 0.6) is 5.75 Å². The number of hydrogen-bond acceptors (Lipinski definition) is 8. The molecule has 2 aromatic carbocycles. The number of benzene rings is 2. The number of carboxylic acid groups (broad SMARTS) is 1. The van der Waals surface area contributed by atoms with Crippen molar-refractivity contribution in [2.75, 3.05) is 37.5 Å². The fourth-order valence-corrected chi connectivity index (χ4v) is 10.2. The molecule has 4 aliphatic rings. The second-order valence-corrected chi connectivity index (χ2v) is 16.3. The highest BCUT2D eigenvalue weighted by Crippen LogP contribution is 2.48. The topological polar surface area (TPSA) is 119 Å². The molecule has 3 aromatic rings. The molecule has 254 valence electrons. The zero-order valence-electron chi connectivity index (χ0n) is 27.2. The van der Waals surface area contributed by atoms with E-state index in [2.05, 4.69) is 33.1 Å². The minimum Gasteiger partial charge on any atom is -0.490 e. The normalized spacial score (nSPS) is 25.9. The van der Waals surface area contributed by atoms with E-state index in [1.54, 1.807) is 31.4 Å². The molecule has 3 aliphatic carbocycles. The lowest BCUT2D eigenvalue weighted by Gasteiger charge is -2.47. The largest absolute Gasteiger partial charge is 0.490 e. The van der Waals surface area contributed by atoms with Crippen molar-refractivity contribution in [2.45, 2.75) is 68.0 Å². The van der Waals surface area contributed by atoms with E-state index < -0.39 is 15.8 Å². The molecular formula is C37H42ClN3O6S. The van der Waals surface area contributed by atoms with Gasteiger partial charge >= 0.3 is 5.97 Å². The smallest absolute Gasteiger partial charge is 0.335 e. The molecule has 9 nitrogen and oxygen atoms in total. The number of anilines is 1. The van der Waals surface area contributed by atoms with Gasteiger partial charge in [-0.1, -0.05) is 23.7 Å². The Balaban J connectivity index is 1.11. The molecular weight excluding hydrogens is 650 g/mol. The van der Waals surface area contributed by atoms with Gasteiger partial charge in [-0.3, -0.25) is 0 Å². The monoisotopic (exact) mass is 691 g/mol. The highest BCUT2D eigenvalue weighted by atomic mass is 35.5. The van der Waals surface area contributed by atoms with E-state index >= 15 is 0 Å². The number of aryl methyl sites for hydroxylation is 1. The van der Waals surface area contributed by atoms with Crippen molar-refractivity contribution in [2.24, 2.45) is 17.8 Å². The summed E-state index contributed by atoms with van der Waals surface area (Å²) >= 11 is 6.42. The molecule has 48 heavy (non-hydrogen) atoms. The average molecular weight is 692 g/mol. The fraction of sp³-hybridized carbons (Fsp3) is 0.486. The van der Waals surface area contributed by atoms with Crippen molar-refractivity contribution in [3.05, 3.63) is 88.2 Å². The van der Waals surface area contributed by atoms with Gasteiger partial charge in [0.25, 0.3) is 0 Å². The summed E-state index contributed by atoms with van der Waals surface area (Å²) in [5.74, 6) is 0.461. The van der Waals surface area contributed by atoms with E-state index in [1.807, 2.05) is 6.07 Å². The molecule has 1 fully saturated rings. The molecule has 1 N–H and O–H groups in total. The zero-order valence-corrected chi connectivity index (χ0v) is 28.8. The van der Waals surface area contributed by atoms with Gasteiger partial charge in [0.15, 0.2) is 0 Å². The standard InChI is InChI=1S/C37H42ClN3O6S/c1-46-34(25-7-5-24(6-8-25)21-48(44,45)36-39-16-3-17-40-36)30-12-9-28(30)20-41-22-37(15-2-4-26-18-29(38)11-13-31(26)37)23-47-33-14-10-27(35(42)43)19-32(33)41/h3,7,10-11,13-14,16-19,24,28,30,34H,2,4-6,8-9,12,15,20-23H2,1H3,(H,42,43)/t24-,28-,30+,34?,37?/m0/s1. The van der Waals surface area contributed by atoms with Gasteiger partial charge in [0.05, 0.1) is 29.7 Å². The number of methoxy groups -OCH3 is 1. The van der Waals surface area contributed by atoms with Gasteiger partial charge in [-0.25, -0.2) is 23.2 Å². The number of rotatable bonds is 9. The minimum atomic E-state index is -3.55. The summed E-state index contributed by atoms with van der Waals surface area (Å²) in [6, 6.07) is 13.0. The quantitative estimate of drug-likeness (QED) is 0.197. The molecule has 0 radical (unpaired) electrons. The zero-order chi connectivity index (χ0) is 33.5. The molecule has 5 atom stereocenters. The number of fused-ring (bicyclic) bond motifs is 3. The van der Waals surface area contributed by atoms with Crippen LogP contribution in [0.2, 0.25) is 5.02 Å². The highest BCUT2D eigenvalue weighted by Gasteiger charge is 2.45. The SMILES string of the molecule is COC(C1=CC[C@H](CS(=O)(=O)c2ncccn2)CC1)[C@@H]1CC[C@H]1CN1CC2(CCCc3cc(Cl)ccc32)COc2ccc(C(=O)O)cc21. The van der Waals surface area contributed by atoms with Crippen LogP contribution >= 0.6 is 11.6 Å². The van der Waals surface area contributed by atoms with Crippen LogP contribution < -0.4 is 9.64 Å². The molecule has 1 saturated carbocycles. The van der Waals surface area contributed by atoms with Gasteiger partial charge in [0, 0.05) is 43.0 Å². The van der Waals surface area contributed by atoms with Crippen molar-refractivity contribution in [3.8, 4) is 5.75 Å². The maximum Gasteiger partial charge on any atom is 0.335 e. The van der Waals surface area contributed by atoms with E-state index in [0.717, 1.165) is 68.7 Å². The van der Waals surface area contributed by atoms with Gasteiger partial charge in [-0.15, -0.1) is 0 Å². The Bertz CT molecular complexity index is 1820. The summed E-state index contributed by atoms with van der Waals surface area (Å²) in [5.41, 5.74) is 4.62. The lowest BCUT2D eigenvalue weighted by Crippen LogP contribution is -2.50. The third-order valence-electron chi connectivity index (χ3n) is 11.1. The molecule has 1 aliphatic heterocycles. The van der Waals surface area contributed by atoms with Gasteiger partial charge in [0.1, 0.15) is 5.75 Å². The second-order valence-electron chi connectivity index (χ2n) is 14.0. The second kappa shape index (κ2) is 13.4. The van der Waals surface area contributed by atoms with Gasteiger partial charge in [-0.2, -0.15) is 0 Å². The molecule has 1 spiro atoms. The number of allylic oxidation sites excluding steroid dienone is 1.